The van der Waals surface area contributed by atoms with Crippen LogP contribution in [0.3, 0.4) is 0 Å². The van der Waals surface area contributed by atoms with Gasteiger partial charge >= 0.3 is 5.97 Å². The van der Waals surface area contributed by atoms with Gasteiger partial charge in [-0.25, -0.2) is 4.79 Å². The highest BCUT2D eigenvalue weighted by Crippen LogP contribution is 2.41. The molecule has 0 saturated carbocycles. The van der Waals surface area contributed by atoms with Crippen LogP contribution in [-0.4, -0.2) is 76.2 Å². The first-order valence-corrected chi connectivity index (χ1v) is 11.6. The number of β-lactam (4-membered cyclic amide) rings is 1. The number of Topliss-reactive ketones (excluding diaryl/α,β-unsaturated/α-hetero) is 1. The number of aromatic nitrogens is 4. The van der Waals surface area contributed by atoms with Crippen LogP contribution in [0.25, 0.3) is 0 Å². The Labute approximate surface area is 186 Å². The van der Waals surface area contributed by atoms with E-state index in [1.54, 1.807) is 11.6 Å². The third kappa shape index (κ3) is 3.90. The number of H-pyrrole nitrogens is 1. The Kier molecular flexibility index (Phi) is 5.72. The van der Waals surface area contributed by atoms with E-state index in [4.69, 9.17) is 5.41 Å². The van der Waals surface area contributed by atoms with Gasteiger partial charge in [0.15, 0.2) is 9.96 Å². The second kappa shape index (κ2) is 8.32. The minimum Gasteiger partial charge on any atom is -0.477 e. The molecule has 162 valence electrons. The average molecular weight is 482 g/mol. The largest absolute Gasteiger partial charge is 0.477 e. The third-order valence-electron chi connectivity index (χ3n) is 4.58. The number of hydrogen-bond donors (Lipinski definition) is 4. The predicted molar refractivity (Wildman–Crippen MR) is 110 cm³/mol. The Morgan fingerprint density at radius 3 is 2.84 bits per heavy atom. The molecule has 0 aromatic carbocycles. The van der Waals surface area contributed by atoms with Crippen molar-refractivity contribution in [2.24, 2.45) is 7.05 Å². The lowest BCUT2D eigenvalue weighted by atomic mass is 10.0. The number of rotatable bonds is 7. The van der Waals surface area contributed by atoms with E-state index < -0.39 is 35.0 Å². The number of carboxylic acids is 1. The summed E-state index contributed by atoms with van der Waals surface area (Å²) < 4.78 is 1.70. The van der Waals surface area contributed by atoms with E-state index in [9.17, 15) is 24.3 Å². The Hall–Kier alpha value is -2.91. The van der Waals surface area contributed by atoms with Gasteiger partial charge < -0.3 is 20.0 Å². The summed E-state index contributed by atoms with van der Waals surface area (Å²) in [5.74, 6) is -3.04. The summed E-state index contributed by atoms with van der Waals surface area (Å²) in [6, 6.07) is -1.00. The molecule has 2 aromatic heterocycles. The van der Waals surface area contributed by atoms with Crippen molar-refractivity contribution in [3.63, 3.8) is 0 Å². The van der Waals surface area contributed by atoms with Crippen molar-refractivity contribution in [1.82, 2.24) is 30.0 Å². The van der Waals surface area contributed by atoms with E-state index >= 15 is 0 Å². The molecule has 12 nitrogen and oxygen atoms in total. The number of thioether (sulfide) groups is 2. The molecule has 1 saturated heterocycles. The first-order chi connectivity index (χ1) is 14.8. The van der Waals surface area contributed by atoms with Gasteiger partial charge in [0.1, 0.15) is 29.1 Å². The number of amides is 2. The van der Waals surface area contributed by atoms with Crippen molar-refractivity contribution < 1.29 is 24.3 Å². The fourth-order valence-corrected chi connectivity index (χ4v) is 6.03. The molecule has 4 N–H and O–H groups in total. The number of hydrogen-bond acceptors (Lipinski definition) is 10. The molecule has 1 fully saturated rings. The number of carboxylic acid groups (broad SMARTS) is 1. The zero-order valence-electron chi connectivity index (χ0n) is 15.8. The van der Waals surface area contributed by atoms with Gasteiger partial charge in [-0.15, -0.1) is 33.3 Å². The minimum atomic E-state index is -1.23. The highest BCUT2D eigenvalue weighted by atomic mass is 32.2. The molecule has 2 aliphatic rings. The molecular formula is C16H15N7O5S3. The molecule has 31 heavy (non-hydrogen) atoms. The summed E-state index contributed by atoms with van der Waals surface area (Å²) in [6.07, 6.45) is 1.53. The normalized spacial score (nSPS) is 20.3. The molecule has 1 unspecified atom stereocenters. The predicted octanol–water partition coefficient (Wildman–Crippen LogP) is -0.602. The van der Waals surface area contributed by atoms with Gasteiger partial charge in [0, 0.05) is 23.9 Å². The van der Waals surface area contributed by atoms with Crippen LogP contribution in [0.5, 0.6) is 0 Å². The van der Waals surface area contributed by atoms with E-state index in [0.29, 0.717) is 22.2 Å². The van der Waals surface area contributed by atoms with Crippen LogP contribution in [0.2, 0.25) is 0 Å². The lowest BCUT2D eigenvalue weighted by Crippen LogP contribution is -2.71. The number of thiazole rings is 1. The van der Waals surface area contributed by atoms with Crippen LogP contribution in [0.4, 0.5) is 0 Å². The molecule has 4 rings (SSSR count). The molecule has 0 aliphatic carbocycles. The van der Waals surface area contributed by atoms with Crippen molar-refractivity contribution >= 4 is 58.4 Å². The molecule has 0 radical (unpaired) electrons. The van der Waals surface area contributed by atoms with E-state index in [1.165, 1.54) is 35.2 Å². The van der Waals surface area contributed by atoms with Crippen molar-refractivity contribution in [1.29, 1.82) is 5.41 Å². The minimum absolute atomic E-state index is 0.0211. The maximum Gasteiger partial charge on any atom is 0.352 e. The van der Waals surface area contributed by atoms with E-state index in [1.807, 2.05) is 0 Å². The molecule has 2 aromatic rings. The quantitative estimate of drug-likeness (QED) is 0.174. The van der Waals surface area contributed by atoms with Gasteiger partial charge in [0.05, 0.1) is 0 Å². The van der Waals surface area contributed by atoms with Gasteiger partial charge in [-0.1, -0.05) is 11.8 Å². The van der Waals surface area contributed by atoms with Gasteiger partial charge in [0.25, 0.3) is 17.6 Å². The molecule has 2 atom stereocenters. The van der Waals surface area contributed by atoms with Crippen molar-refractivity contribution in [3.8, 4) is 0 Å². The second-order valence-corrected chi connectivity index (χ2v) is 9.49. The maximum atomic E-state index is 12.7. The zero-order valence-corrected chi connectivity index (χ0v) is 18.3. The molecule has 0 bridgehead atoms. The highest BCUT2D eigenvalue weighted by molar-refractivity contribution is 8.01. The average Bonchev–Trinajstić information content (AvgIpc) is 3.36. The second-order valence-electron chi connectivity index (χ2n) is 6.56. The molecular weight excluding hydrogens is 466 g/mol. The number of nitrogens with one attached hydrogen (secondary N) is 3. The number of aryl methyl sites for hydroxylation is 1. The first kappa shape index (κ1) is 21.3. The summed E-state index contributed by atoms with van der Waals surface area (Å²) in [4.78, 5) is 52.6. The van der Waals surface area contributed by atoms with Crippen LogP contribution in [0.1, 0.15) is 10.5 Å². The lowest BCUT2D eigenvalue weighted by molar-refractivity contribution is -0.150. The maximum absolute atomic E-state index is 12.7. The van der Waals surface area contributed by atoms with Gasteiger partial charge in [-0.2, -0.15) is 0 Å². The van der Waals surface area contributed by atoms with Crippen molar-refractivity contribution in [2.45, 2.75) is 16.6 Å². The summed E-state index contributed by atoms with van der Waals surface area (Å²) >= 11 is 3.59. The fourth-order valence-electron chi connectivity index (χ4n) is 3.09. The Balaban J connectivity index is 1.47. The molecule has 4 heterocycles. The summed E-state index contributed by atoms with van der Waals surface area (Å²) in [7, 11) is 1.77. The number of nitrogens with zero attached hydrogens (tertiary/aromatic N) is 4. The smallest absolute Gasteiger partial charge is 0.352 e. The number of aromatic amines is 1. The molecule has 0 spiro atoms. The monoisotopic (exact) mass is 481 g/mol. The topological polar surface area (TPSA) is 174 Å². The standard InChI is InChI=1S/C16H15N7O5S3/c1-22-5-18-21-16(22)31-3-6-2-29-13-8(12(26)23(13)9(6)14(27)28)20-11(25)10(24)7-4-30-15(17)19-7/h4-5,8,13H,2-3H2,1H3,(H2,17,19)(H,20,25)(H,27,28)/t8?,13-/m0/s1. The lowest BCUT2D eigenvalue weighted by Gasteiger charge is -2.49. The Morgan fingerprint density at radius 1 is 1.45 bits per heavy atom. The zero-order chi connectivity index (χ0) is 22.3. The van der Waals surface area contributed by atoms with Crippen LogP contribution in [0.15, 0.2) is 28.1 Å². The Bertz CT molecular complexity index is 1180. The van der Waals surface area contributed by atoms with Crippen LogP contribution >= 0.6 is 34.9 Å². The van der Waals surface area contributed by atoms with E-state index in [2.05, 4.69) is 20.5 Å². The van der Waals surface area contributed by atoms with Crippen LogP contribution in [-0.2, 0) is 21.4 Å². The van der Waals surface area contributed by atoms with E-state index in [0.717, 1.165) is 16.2 Å². The van der Waals surface area contributed by atoms with Gasteiger partial charge in [-0.05, 0) is 5.57 Å². The van der Waals surface area contributed by atoms with Crippen LogP contribution < -0.4 is 10.1 Å². The number of fused-ring (bicyclic) bond motifs is 1. The summed E-state index contributed by atoms with van der Waals surface area (Å²) in [5.41, 5.74) is 0.415. The number of aliphatic carboxylic acids is 1. The summed E-state index contributed by atoms with van der Waals surface area (Å²) in [5, 5.41) is 28.6. The number of carbonyl (C=O) groups is 4. The van der Waals surface area contributed by atoms with Crippen molar-refractivity contribution in [2.75, 3.05) is 11.5 Å². The van der Waals surface area contributed by atoms with Gasteiger partial charge in [-0.3, -0.25) is 24.7 Å². The van der Waals surface area contributed by atoms with Gasteiger partial charge in [0.2, 0.25) is 0 Å². The third-order valence-corrected chi connectivity index (χ3v) is 7.73. The summed E-state index contributed by atoms with van der Waals surface area (Å²) in [6.45, 7) is 0. The van der Waals surface area contributed by atoms with Crippen molar-refractivity contribution in [3.05, 3.63) is 33.5 Å². The number of ketones is 1. The SMILES string of the molecule is Cn1cnnc1SCC1=C(C(=O)O)N2C(=O)C(NC(=O)C(=O)c3csc(=N)[nH]3)[C@@H]2SC1. The Morgan fingerprint density at radius 2 is 2.23 bits per heavy atom. The first-order valence-electron chi connectivity index (χ1n) is 8.72. The molecule has 2 aliphatic heterocycles. The molecule has 2 amide bonds. The molecule has 15 heteroatoms. The van der Waals surface area contributed by atoms with E-state index in [-0.39, 0.29) is 16.2 Å². The number of carbonyl (C=O) groups excluding carboxylic acids is 3. The highest BCUT2D eigenvalue weighted by Gasteiger charge is 2.54. The fraction of sp³-hybridized carbons (Fsp3) is 0.312. The van der Waals surface area contributed by atoms with Crippen LogP contribution in [0, 0.1) is 5.41 Å².